The fourth-order valence-electron chi connectivity index (χ4n) is 1.22. The molecular formula is C11H21N3O6S. The number of nitrogens with one attached hydrogen (secondary N) is 3. The number of carbonyl (C=O) groups excluding carboxylic acids is 2. The Morgan fingerprint density at radius 3 is 2.10 bits per heavy atom. The molecule has 0 aliphatic rings. The second-order valence-corrected chi connectivity index (χ2v) is 6.67. The molecule has 9 nitrogen and oxygen atoms in total. The number of carboxylic acids is 1. The highest BCUT2D eigenvalue weighted by atomic mass is 32.2. The van der Waals surface area contributed by atoms with E-state index in [1.54, 1.807) is 13.8 Å². The van der Waals surface area contributed by atoms with Crippen molar-refractivity contribution < 1.29 is 27.9 Å². The van der Waals surface area contributed by atoms with Crippen molar-refractivity contribution in [3.63, 3.8) is 0 Å². The smallest absolute Gasteiger partial charge is 0.325 e. The summed E-state index contributed by atoms with van der Waals surface area (Å²) < 4.78 is 25.2. The van der Waals surface area contributed by atoms with E-state index < -0.39 is 52.6 Å². The maximum atomic E-state index is 11.6. The summed E-state index contributed by atoms with van der Waals surface area (Å²) in [7, 11) is -3.78. The highest BCUT2D eigenvalue weighted by Crippen LogP contribution is 1.92. The van der Waals surface area contributed by atoms with Gasteiger partial charge in [0, 0.05) is 12.5 Å². The summed E-state index contributed by atoms with van der Waals surface area (Å²) in [5.74, 6) is -2.91. The average molecular weight is 323 g/mol. The Hall–Kier alpha value is -1.68. The first-order chi connectivity index (χ1) is 9.53. The summed E-state index contributed by atoms with van der Waals surface area (Å²) in [5, 5.41) is 13.2. The van der Waals surface area contributed by atoms with Crippen LogP contribution in [0.15, 0.2) is 0 Å². The standard InChI is InChI=1S/C11H21N3O6S/c1-7(2)13-10(16)6-12-21(19,20)5-4-9(15)14-8(3)11(17)18/h7-8,12H,4-6H2,1-3H3,(H,13,16)(H,14,15)(H,17,18). The molecule has 4 N–H and O–H groups in total. The number of sulfonamides is 1. The zero-order valence-electron chi connectivity index (χ0n) is 12.2. The van der Waals surface area contributed by atoms with Gasteiger partial charge >= 0.3 is 5.97 Å². The van der Waals surface area contributed by atoms with Gasteiger partial charge in [0.25, 0.3) is 0 Å². The molecule has 0 aromatic heterocycles. The van der Waals surface area contributed by atoms with Gasteiger partial charge < -0.3 is 15.7 Å². The SMILES string of the molecule is CC(C)NC(=O)CNS(=O)(=O)CCC(=O)NC(C)C(=O)O. The lowest BCUT2D eigenvalue weighted by atomic mass is 10.3. The van der Waals surface area contributed by atoms with E-state index in [0.29, 0.717) is 0 Å². The molecule has 0 aliphatic carbocycles. The number of rotatable bonds is 9. The van der Waals surface area contributed by atoms with Crippen LogP contribution in [0.1, 0.15) is 27.2 Å². The minimum absolute atomic E-state index is 0.106. The van der Waals surface area contributed by atoms with Gasteiger partial charge in [-0.3, -0.25) is 14.4 Å². The van der Waals surface area contributed by atoms with Crippen LogP contribution >= 0.6 is 0 Å². The van der Waals surface area contributed by atoms with Gasteiger partial charge in [-0.25, -0.2) is 13.1 Å². The Morgan fingerprint density at radius 1 is 1.05 bits per heavy atom. The Bertz CT molecular complexity index is 488. The summed E-state index contributed by atoms with van der Waals surface area (Å²) in [6.07, 6.45) is -0.390. The van der Waals surface area contributed by atoms with E-state index in [2.05, 4.69) is 15.4 Å². The van der Waals surface area contributed by atoms with E-state index in [0.717, 1.165) is 0 Å². The third-order valence-electron chi connectivity index (χ3n) is 2.25. The molecule has 0 spiro atoms. The molecule has 0 radical (unpaired) electrons. The number of aliphatic carboxylic acids is 1. The summed E-state index contributed by atoms with van der Waals surface area (Å²) in [5.41, 5.74) is 0. The van der Waals surface area contributed by atoms with Crippen LogP contribution in [-0.2, 0) is 24.4 Å². The van der Waals surface area contributed by atoms with Crippen molar-refractivity contribution >= 4 is 27.8 Å². The first-order valence-electron chi connectivity index (χ1n) is 6.32. The quantitative estimate of drug-likeness (QED) is 0.403. The van der Waals surface area contributed by atoms with E-state index in [1.807, 2.05) is 0 Å². The van der Waals surface area contributed by atoms with Crippen LogP contribution in [0.5, 0.6) is 0 Å². The lowest BCUT2D eigenvalue weighted by Gasteiger charge is -2.11. The minimum atomic E-state index is -3.78. The van der Waals surface area contributed by atoms with Gasteiger partial charge in [0.15, 0.2) is 0 Å². The molecule has 1 unspecified atom stereocenters. The maximum absolute atomic E-state index is 11.6. The van der Waals surface area contributed by atoms with Gasteiger partial charge in [-0.2, -0.15) is 0 Å². The van der Waals surface area contributed by atoms with Gasteiger partial charge in [0.05, 0.1) is 12.3 Å². The van der Waals surface area contributed by atoms with Crippen LogP contribution in [0, 0.1) is 0 Å². The molecule has 21 heavy (non-hydrogen) atoms. The minimum Gasteiger partial charge on any atom is -0.480 e. The zero-order chi connectivity index (χ0) is 16.6. The van der Waals surface area contributed by atoms with Crippen molar-refractivity contribution in [3.8, 4) is 0 Å². The van der Waals surface area contributed by atoms with E-state index in [9.17, 15) is 22.8 Å². The van der Waals surface area contributed by atoms with Crippen LogP contribution in [-0.4, -0.2) is 55.7 Å². The van der Waals surface area contributed by atoms with Crippen molar-refractivity contribution in [3.05, 3.63) is 0 Å². The third kappa shape index (κ3) is 9.79. The molecule has 0 saturated carbocycles. The van der Waals surface area contributed by atoms with Crippen LogP contribution < -0.4 is 15.4 Å². The van der Waals surface area contributed by atoms with E-state index in [-0.39, 0.29) is 6.04 Å². The molecule has 0 aromatic carbocycles. The van der Waals surface area contributed by atoms with Gasteiger partial charge in [0.1, 0.15) is 6.04 Å². The van der Waals surface area contributed by atoms with Crippen molar-refractivity contribution in [1.29, 1.82) is 0 Å². The molecule has 0 bridgehead atoms. The number of hydrogen-bond acceptors (Lipinski definition) is 5. The highest BCUT2D eigenvalue weighted by Gasteiger charge is 2.18. The summed E-state index contributed by atoms with van der Waals surface area (Å²) >= 11 is 0. The lowest BCUT2D eigenvalue weighted by Crippen LogP contribution is -2.42. The molecule has 0 saturated heterocycles. The predicted molar refractivity (Wildman–Crippen MR) is 74.9 cm³/mol. The van der Waals surface area contributed by atoms with E-state index in [1.165, 1.54) is 6.92 Å². The first kappa shape index (κ1) is 19.3. The van der Waals surface area contributed by atoms with Gasteiger partial charge in [-0.1, -0.05) is 0 Å². The molecule has 0 heterocycles. The normalized spacial score (nSPS) is 12.8. The Labute approximate surface area is 123 Å². The molecular weight excluding hydrogens is 302 g/mol. The molecule has 1 atom stereocenters. The van der Waals surface area contributed by atoms with Crippen molar-refractivity contribution in [2.45, 2.75) is 39.3 Å². The Kier molecular flexibility index (Phi) is 7.89. The lowest BCUT2D eigenvalue weighted by molar-refractivity contribution is -0.141. The van der Waals surface area contributed by atoms with Crippen LogP contribution in [0.25, 0.3) is 0 Å². The van der Waals surface area contributed by atoms with Gasteiger partial charge in [-0.15, -0.1) is 0 Å². The molecule has 0 fully saturated rings. The molecule has 0 rings (SSSR count). The number of hydrogen-bond donors (Lipinski definition) is 4. The van der Waals surface area contributed by atoms with Gasteiger partial charge in [0.2, 0.25) is 21.8 Å². The third-order valence-corrected chi connectivity index (χ3v) is 3.57. The van der Waals surface area contributed by atoms with Gasteiger partial charge in [-0.05, 0) is 20.8 Å². The monoisotopic (exact) mass is 323 g/mol. The maximum Gasteiger partial charge on any atom is 0.325 e. The van der Waals surface area contributed by atoms with Crippen LogP contribution in [0.4, 0.5) is 0 Å². The largest absolute Gasteiger partial charge is 0.480 e. The number of amides is 2. The highest BCUT2D eigenvalue weighted by molar-refractivity contribution is 7.89. The zero-order valence-corrected chi connectivity index (χ0v) is 13.0. The summed E-state index contributed by atoms with van der Waals surface area (Å²) in [6, 6.07) is -1.20. The molecule has 0 aliphatic heterocycles. The summed E-state index contributed by atoms with van der Waals surface area (Å²) in [4.78, 5) is 33.1. The molecule has 122 valence electrons. The van der Waals surface area contributed by atoms with Crippen LogP contribution in [0.2, 0.25) is 0 Å². The number of carboxylic acid groups (broad SMARTS) is 1. The van der Waals surface area contributed by atoms with Crippen molar-refractivity contribution in [2.24, 2.45) is 0 Å². The molecule has 0 aromatic rings. The van der Waals surface area contributed by atoms with Crippen molar-refractivity contribution in [1.82, 2.24) is 15.4 Å². The fourth-order valence-corrected chi connectivity index (χ4v) is 2.17. The Balaban J connectivity index is 4.16. The first-order valence-corrected chi connectivity index (χ1v) is 7.97. The second-order valence-electron chi connectivity index (χ2n) is 4.74. The Morgan fingerprint density at radius 2 is 1.62 bits per heavy atom. The van der Waals surface area contributed by atoms with Crippen LogP contribution in [0.3, 0.4) is 0 Å². The fraction of sp³-hybridized carbons (Fsp3) is 0.727. The average Bonchev–Trinajstić information content (AvgIpc) is 2.33. The molecule has 2 amide bonds. The number of carbonyl (C=O) groups is 3. The second kappa shape index (κ2) is 8.57. The van der Waals surface area contributed by atoms with Crippen molar-refractivity contribution in [2.75, 3.05) is 12.3 Å². The summed E-state index contributed by atoms with van der Waals surface area (Å²) in [6.45, 7) is 4.33. The van der Waals surface area contributed by atoms with E-state index >= 15 is 0 Å². The molecule has 10 heteroatoms. The van der Waals surface area contributed by atoms with E-state index in [4.69, 9.17) is 5.11 Å². The predicted octanol–water partition coefficient (Wildman–Crippen LogP) is -1.59. The topological polar surface area (TPSA) is 142 Å².